The second-order valence-corrected chi connectivity index (χ2v) is 6.44. The Kier molecular flexibility index (Phi) is 7.21. The number of ketones is 1. The van der Waals surface area contributed by atoms with E-state index in [2.05, 4.69) is 5.32 Å². The summed E-state index contributed by atoms with van der Waals surface area (Å²) in [5, 5.41) is 3.22. The number of carbonyl (C=O) groups excluding carboxylic acids is 3. The van der Waals surface area contributed by atoms with Gasteiger partial charge in [-0.05, 0) is 44.2 Å². The van der Waals surface area contributed by atoms with Gasteiger partial charge >= 0.3 is 5.97 Å². The number of ether oxygens (including phenoxy) is 2. The molecule has 1 N–H and O–H groups in total. The molecule has 1 amide bonds. The number of anilines is 1. The Morgan fingerprint density at radius 1 is 1.11 bits per heavy atom. The lowest BCUT2D eigenvalue weighted by atomic mass is 10.1. The SMILES string of the molecule is CC(=O)c1ccccc1NC(=O)COC(=O)[C@@H](C)Oc1ccc(Cl)cc1Cl. The van der Waals surface area contributed by atoms with Crippen molar-refractivity contribution in [3.05, 3.63) is 58.1 Å². The summed E-state index contributed by atoms with van der Waals surface area (Å²) in [6.45, 7) is 2.34. The predicted octanol–water partition coefficient (Wildman–Crippen LogP) is 4.15. The van der Waals surface area contributed by atoms with Gasteiger partial charge in [-0.3, -0.25) is 9.59 Å². The average molecular weight is 410 g/mol. The fourth-order valence-electron chi connectivity index (χ4n) is 2.15. The Morgan fingerprint density at radius 2 is 1.81 bits per heavy atom. The number of hydrogen-bond acceptors (Lipinski definition) is 5. The molecule has 0 unspecified atom stereocenters. The van der Waals surface area contributed by atoms with Crippen molar-refractivity contribution >= 4 is 46.5 Å². The van der Waals surface area contributed by atoms with E-state index in [1.54, 1.807) is 30.3 Å². The Hall–Kier alpha value is -2.57. The van der Waals surface area contributed by atoms with Gasteiger partial charge in [0.05, 0.1) is 10.7 Å². The molecule has 6 nitrogen and oxygen atoms in total. The van der Waals surface area contributed by atoms with Crippen molar-refractivity contribution < 1.29 is 23.9 Å². The van der Waals surface area contributed by atoms with Gasteiger partial charge in [0.15, 0.2) is 18.5 Å². The van der Waals surface area contributed by atoms with E-state index in [1.165, 1.54) is 26.0 Å². The van der Waals surface area contributed by atoms with Crippen LogP contribution in [0.15, 0.2) is 42.5 Å². The van der Waals surface area contributed by atoms with Crippen LogP contribution in [0.3, 0.4) is 0 Å². The summed E-state index contributed by atoms with van der Waals surface area (Å²) < 4.78 is 10.4. The summed E-state index contributed by atoms with van der Waals surface area (Å²) in [5.74, 6) is -1.24. The molecular weight excluding hydrogens is 393 g/mol. The van der Waals surface area contributed by atoms with Gasteiger partial charge in [0.1, 0.15) is 5.75 Å². The van der Waals surface area contributed by atoms with Gasteiger partial charge in [0.2, 0.25) is 0 Å². The van der Waals surface area contributed by atoms with E-state index in [0.29, 0.717) is 16.3 Å². The van der Waals surface area contributed by atoms with Crippen LogP contribution >= 0.6 is 23.2 Å². The van der Waals surface area contributed by atoms with E-state index >= 15 is 0 Å². The fourth-order valence-corrected chi connectivity index (χ4v) is 2.60. The third kappa shape index (κ3) is 5.98. The Balaban J connectivity index is 1.89. The Labute approximate surface area is 166 Å². The van der Waals surface area contributed by atoms with E-state index in [-0.39, 0.29) is 16.6 Å². The molecular formula is C19H17Cl2NO5. The van der Waals surface area contributed by atoms with Crippen LogP contribution in [-0.4, -0.2) is 30.4 Å². The summed E-state index contributed by atoms with van der Waals surface area (Å²) in [7, 11) is 0. The lowest BCUT2D eigenvalue weighted by molar-refractivity contribution is -0.153. The minimum absolute atomic E-state index is 0.190. The van der Waals surface area contributed by atoms with Crippen LogP contribution in [0.4, 0.5) is 5.69 Å². The number of hydrogen-bond donors (Lipinski definition) is 1. The maximum atomic E-state index is 12.0. The third-order valence-electron chi connectivity index (χ3n) is 3.46. The van der Waals surface area contributed by atoms with Crippen molar-refractivity contribution in [2.45, 2.75) is 20.0 Å². The van der Waals surface area contributed by atoms with Gasteiger partial charge < -0.3 is 14.8 Å². The molecule has 27 heavy (non-hydrogen) atoms. The second-order valence-electron chi connectivity index (χ2n) is 5.59. The van der Waals surface area contributed by atoms with Crippen LogP contribution in [0.2, 0.25) is 10.0 Å². The van der Waals surface area contributed by atoms with Gasteiger partial charge in [0.25, 0.3) is 5.91 Å². The maximum absolute atomic E-state index is 12.0. The second kappa shape index (κ2) is 9.39. The molecule has 0 aliphatic rings. The number of para-hydroxylation sites is 1. The minimum Gasteiger partial charge on any atom is -0.477 e. The monoisotopic (exact) mass is 409 g/mol. The summed E-state index contributed by atoms with van der Waals surface area (Å²) in [4.78, 5) is 35.5. The van der Waals surface area contributed by atoms with Crippen LogP contribution in [-0.2, 0) is 14.3 Å². The van der Waals surface area contributed by atoms with E-state index in [9.17, 15) is 14.4 Å². The molecule has 1 atom stereocenters. The summed E-state index contributed by atoms with van der Waals surface area (Å²) in [6, 6.07) is 11.1. The predicted molar refractivity (Wildman–Crippen MR) is 103 cm³/mol. The van der Waals surface area contributed by atoms with Gasteiger partial charge in [-0.2, -0.15) is 0 Å². The highest BCUT2D eigenvalue weighted by molar-refractivity contribution is 6.35. The lowest BCUT2D eigenvalue weighted by Crippen LogP contribution is -2.30. The molecule has 2 rings (SSSR count). The van der Waals surface area contributed by atoms with Crippen molar-refractivity contribution in [2.75, 3.05) is 11.9 Å². The molecule has 0 aromatic heterocycles. The molecule has 0 bridgehead atoms. The van der Waals surface area contributed by atoms with Crippen molar-refractivity contribution in [3.63, 3.8) is 0 Å². The standard InChI is InChI=1S/C19H17Cl2NO5/c1-11(23)14-5-3-4-6-16(14)22-18(24)10-26-19(25)12(2)27-17-8-7-13(20)9-15(17)21/h3-9,12H,10H2,1-2H3,(H,22,24)/t12-/m1/s1. The Bertz CT molecular complexity index is 869. The first kappa shape index (κ1) is 20.7. The zero-order valence-electron chi connectivity index (χ0n) is 14.6. The molecule has 2 aromatic carbocycles. The van der Waals surface area contributed by atoms with Gasteiger partial charge in [-0.1, -0.05) is 35.3 Å². The molecule has 2 aromatic rings. The highest BCUT2D eigenvalue weighted by Crippen LogP contribution is 2.28. The van der Waals surface area contributed by atoms with E-state index in [1.807, 2.05) is 0 Å². The van der Waals surface area contributed by atoms with Crippen LogP contribution < -0.4 is 10.1 Å². The van der Waals surface area contributed by atoms with Crippen molar-refractivity contribution in [3.8, 4) is 5.75 Å². The van der Waals surface area contributed by atoms with Crippen molar-refractivity contribution in [1.82, 2.24) is 0 Å². The zero-order chi connectivity index (χ0) is 20.0. The minimum atomic E-state index is -0.985. The van der Waals surface area contributed by atoms with Crippen LogP contribution in [0.5, 0.6) is 5.75 Å². The molecule has 0 aliphatic heterocycles. The number of nitrogens with one attached hydrogen (secondary N) is 1. The van der Waals surface area contributed by atoms with Crippen molar-refractivity contribution in [2.24, 2.45) is 0 Å². The molecule has 0 saturated heterocycles. The van der Waals surface area contributed by atoms with Crippen molar-refractivity contribution in [1.29, 1.82) is 0 Å². The number of carbonyl (C=O) groups is 3. The third-order valence-corrected chi connectivity index (χ3v) is 3.99. The van der Waals surface area contributed by atoms with Crippen LogP contribution in [0.1, 0.15) is 24.2 Å². The van der Waals surface area contributed by atoms with Crippen LogP contribution in [0, 0.1) is 0 Å². The highest BCUT2D eigenvalue weighted by Gasteiger charge is 2.19. The molecule has 0 fully saturated rings. The quantitative estimate of drug-likeness (QED) is 0.548. The molecule has 0 radical (unpaired) electrons. The number of Topliss-reactive ketones (excluding diaryl/α,β-unsaturated/α-hetero) is 1. The summed E-state index contributed by atoms with van der Waals surface area (Å²) in [6.07, 6.45) is -0.985. The summed E-state index contributed by atoms with van der Waals surface area (Å²) in [5.41, 5.74) is 0.717. The number of rotatable bonds is 7. The average Bonchev–Trinajstić information content (AvgIpc) is 2.62. The van der Waals surface area contributed by atoms with Crippen LogP contribution in [0.25, 0.3) is 0 Å². The number of amides is 1. The normalized spacial score (nSPS) is 11.4. The number of esters is 1. The van der Waals surface area contributed by atoms with E-state index in [4.69, 9.17) is 32.7 Å². The number of benzene rings is 2. The zero-order valence-corrected chi connectivity index (χ0v) is 16.1. The lowest BCUT2D eigenvalue weighted by Gasteiger charge is -2.15. The van der Waals surface area contributed by atoms with Gasteiger partial charge in [-0.15, -0.1) is 0 Å². The fraction of sp³-hybridized carbons (Fsp3) is 0.211. The smallest absolute Gasteiger partial charge is 0.347 e. The van der Waals surface area contributed by atoms with E-state index in [0.717, 1.165) is 0 Å². The van der Waals surface area contributed by atoms with Gasteiger partial charge in [-0.25, -0.2) is 4.79 Å². The first-order valence-corrected chi connectivity index (χ1v) is 8.71. The molecule has 0 aliphatic carbocycles. The topological polar surface area (TPSA) is 81.7 Å². The number of halogens is 2. The summed E-state index contributed by atoms with van der Waals surface area (Å²) >= 11 is 11.8. The molecule has 0 spiro atoms. The Morgan fingerprint density at radius 3 is 2.48 bits per heavy atom. The first-order chi connectivity index (χ1) is 12.8. The van der Waals surface area contributed by atoms with Gasteiger partial charge in [0, 0.05) is 10.6 Å². The molecule has 0 heterocycles. The molecule has 0 saturated carbocycles. The highest BCUT2D eigenvalue weighted by atomic mass is 35.5. The van der Waals surface area contributed by atoms with E-state index < -0.39 is 24.6 Å². The maximum Gasteiger partial charge on any atom is 0.347 e. The largest absolute Gasteiger partial charge is 0.477 e. The molecule has 8 heteroatoms. The molecule has 142 valence electrons. The first-order valence-electron chi connectivity index (χ1n) is 7.96.